The zero-order valence-corrected chi connectivity index (χ0v) is 12.1. The van der Waals surface area contributed by atoms with Crippen molar-refractivity contribution in [3.8, 4) is 0 Å². The number of nitro benzene ring substituents is 1. The second-order valence-electron chi connectivity index (χ2n) is 4.29. The molecule has 0 saturated heterocycles. The summed E-state index contributed by atoms with van der Waals surface area (Å²) < 4.78 is 2.81. The highest BCUT2D eigenvalue weighted by molar-refractivity contribution is 9.10. The first-order chi connectivity index (χ1) is 8.90. The molecule has 0 atom stereocenters. The SMILES string of the molecule is Cc1nn(Cc2ccc([N+](=O)[O-])c(N)c2)c(C)c1Br. The molecule has 0 amide bonds. The van der Waals surface area contributed by atoms with Gasteiger partial charge < -0.3 is 5.73 Å². The predicted octanol–water partition coefficient (Wildman–Crippen LogP) is 2.80. The first-order valence-corrected chi connectivity index (χ1v) is 6.41. The lowest BCUT2D eigenvalue weighted by Crippen LogP contribution is -2.05. The number of hydrogen-bond acceptors (Lipinski definition) is 4. The van der Waals surface area contributed by atoms with Crippen molar-refractivity contribution in [1.82, 2.24) is 9.78 Å². The van der Waals surface area contributed by atoms with Gasteiger partial charge in [-0.3, -0.25) is 14.8 Å². The summed E-state index contributed by atoms with van der Waals surface area (Å²) in [7, 11) is 0. The van der Waals surface area contributed by atoms with Crippen molar-refractivity contribution < 1.29 is 4.92 Å². The molecule has 1 heterocycles. The van der Waals surface area contributed by atoms with Crippen LogP contribution in [0, 0.1) is 24.0 Å². The van der Waals surface area contributed by atoms with Crippen molar-refractivity contribution in [2.24, 2.45) is 0 Å². The fourth-order valence-electron chi connectivity index (χ4n) is 1.87. The molecule has 0 spiro atoms. The van der Waals surface area contributed by atoms with Crippen LogP contribution < -0.4 is 5.73 Å². The third-order valence-electron chi connectivity index (χ3n) is 2.91. The van der Waals surface area contributed by atoms with E-state index in [2.05, 4.69) is 21.0 Å². The number of nitrogens with zero attached hydrogens (tertiary/aromatic N) is 3. The topological polar surface area (TPSA) is 87.0 Å². The van der Waals surface area contributed by atoms with Crippen LogP contribution in [0.2, 0.25) is 0 Å². The summed E-state index contributed by atoms with van der Waals surface area (Å²) in [5.41, 5.74) is 8.56. The average molecular weight is 325 g/mol. The van der Waals surface area contributed by atoms with Gasteiger partial charge in [0, 0.05) is 6.07 Å². The second-order valence-corrected chi connectivity index (χ2v) is 5.09. The largest absolute Gasteiger partial charge is 0.393 e. The van der Waals surface area contributed by atoms with Gasteiger partial charge in [0.15, 0.2) is 0 Å². The van der Waals surface area contributed by atoms with Crippen LogP contribution in [0.1, 0.15) is 17.0 Å². The van der Waals surface area contributed by atoms with E-state index in [4.69, 9.17) is 5.73 Å². The molecule has 100 valence electrons. The first kappa shape index (κ1) is 13.5. The van der Waals surface area contributed by atoms with E-state index in [-0.39, 0.29) is 11.4 Å². The number of nitro groups is 1. The van der Waals surface area contributed by atoms with E-state index in [1.165, 1.54) is 6.07 Å². The molecule has 0 aliphatic rings. The Morgan fingerprint density at radius 2 is 2.16 bits per heavy atom. The van der Waals surface area contributed by atoms with Crippen molar-refractivity contribution in [2.75, 3.05) is 5.73 Å². The van der Waals surface area contributed by atoms with Crippen LogP contribution in [-0.4, -0.2) is 14.7 Å². The number of nitrogen functional groups attached to an aromatic ring is 1. The van der Waals surface area contributed by atoms with Crippen LogP contribution in [0.5, 0.6) is 0 Å². The maximum atomic E-state index is 10.7. The van der Waals surface area contributed by atoms with Crippen LogP contribution in [-0.2, 0) is 6.54 Å². The molecule has 0 unspecified atom stereocenters. The molecule has 2 rings (SSSR count). The summed E-state index contributed by atoms with van der Waals surface area (Å²) >= 11 is 3.46. The normalized spacial score (nSPS) is 10.7. The summed E-state index contributed by atoms with van der Waals surface area (Å²) in [4.78, 5) is 10.2. The molecule has 2 aromatic rings. The van der Waals surface area contributed by atoms with Gasteiger partial charge in [0.1, 0.15) is 5.69 Å². The fraction of sp³-hybridized carbons (Fsp3) is 0.250. The zero-order valence-electron chi connectivity index (χ0n) is 10.6. The van der Waals surface area contributed by atoms with Crippen molar-refractivity contribution in [2.45, 2.75) is 20.4 Å². The van der Waals surface area contributed by atoms with Crippen LogP contribution in [0.4, 0.5) is 11.4 Å². The van der Waals surface area contributed by atoms with E-state index >= 15 is 0 Å². The van der Waals surface area contributed by atoms with Gasteiger partial charge in [0.05, 0.1) is 27.3 Å². The molecule has 0 bridgehead atoms. The third kappa shape index (κ3) is 2.60. The number of anilines is 1. The Morgan fingerprint density at radius 1 is 1.47 bits per heavy atom. The molecular weight excluding hydrogens is 312 g/mol. The molecule has 0 radical (unpaired) electrons. The smallest absolute Gasteiger partial charge is 0.292 e. The number of rotatable bonds is 3. The molecule has 2 N–H and O–H groups in total. The number of halogens is 1. The number of aromatic nitrogens is 2. The summed E-state index contributed by atoms with van der Waals surface area (Å²) in [6.45, 7) is 4.40. The number of benzene rings is 1. The van der Waals surface area contributed by atoms with Gasteiger partial charge in [0.2, 0.25) is 0 Å². The molecule has 0 fully saturated rings. The van der Waals surface area contributed by atoms with E-state index < -0.39 is 4.92 Å². The van der Waals surface area contributed by atoms with Gasteiger partial charge in [-0.25, -0.2) is 0 Å². The van der Waals surface area contributed by atoms with E-state index in [1.54, 1.807) is 12.1 Å². The molecule has 7 heteroatoms. The molecule has 1 aromatic carbocycles. The van der Waals surface area contributed by atoms with Crippen molar-refractivity contribution >= 4 is 27.3 Å². The monoisotopic (exact) mass is 324 g/mol. The van der Waals surface area contributed by atoms with Gasteiger partial charge in [-0.2, -0.15) is 5.10 Å². The molecule has 0 aliphatic carbocycles. The number of nitrogens with two attached hydrogens (primary N) is 1. The van der Waals surface area contributed by atoms with Crippen LogP contribution in [0.15, 0.2) is 22.7 Å². The van der Waals surface area contributed by atoms with E-state index in [9.17, 15) is 10.1 Å². The first-order valence-electron chi connectivity index (χ1n) is 5.62. The highest BCUT2D eigenvalue weighted by atomic mass is 79.9. The zero-order chi connectivity index (χ0) is 14.2. The van der Waals surface area contributed by atoms with Crippen molar-refractivity contribution in [3.05, 3.63) is 49.7 Å². The van der Waals surface area contributed by atoms with Crippen molar-refractivity contribution in [3.63, 3.8) is 0 Å². The minimum absolute atomic E-state index is 0.0710. The van der Waals surface area contributed by atoms with Gasteiger partial charge in [0.25, 0.3) is 5.69 Å². The lowest BCUT2D eigenvalue weighted by Gasteiger charge is -2.06. The maximum absolute atomic E-state index is 10.7. The van der Waals surface area contributed by atoms with Gasteiger partial charge in [-0.15, -0.1) is 0 Å². The predicted molar refractivity (Wildman–Crippen MR) is 76.0 cm³/mol. The lowest BCUT2D eigenvalue weighted by atomic mass is 10.1. The Morgan fingerprint density at radius 3 is 2.63 bits per heavy atom. The summed E-state index contributed by atoms with van der Waals surface area (Å²) in [5, 5.41) is 15.1. The Bertz CT molecular complexity index is 651. The number of aryl methyl sites for hydroxylation is 1. The summed E-state index contributed by atoms with van der Waals surface area (Å²) in [6, 6.07) is 4.73. The number of hydrogen-bond donors (Lipinski definition) is 1. The molecular formula is C12H13BrN4O2. The van der Waals surface area contributed by atoms with Gasteiger partial charge in [-0.1, -0.05) is 6.07 Å². The van der Waals surface area contributed by atoms with Gasteiger partial charge in [-0.05, 0) is 41.4 Å². The highest BCUT2D eigenvalue weighted by Crippen LogP contribution is 2.24. The quantitative estimate of drug-likeness (QED) is 0.534. The van der Waals surface area contributed by atoms with E-state index in [1.807, 2.05) is 18.5 Å². The molecule has 6 nitrogen and oxygen atoms in total. The van der Waals surface area contributed by atoms with E-state index in [0.717, 1.165) is 21.4 Å². The average Bonchev–Trinajstić information content (AvgIpc) is 2.57. The molecule has 0 saturated carbocycles. The fourth-order valence-corrected chi connectivity index (χ4v) is 2.15. The summed E-state index contributed by atoms with van der Waals surface area (Å²) in [6.07, 6.45) is 0. The standard InChI is InChI=1S/C12H13BrN4O2/c1-7-12(13)8(2)16(15-7)6-9-3-4-11(17(18)19)10(14)5-9/h3-5H,6,14H2,1-2H3. The van der Waals surface area contributed by atoms with Crippen LogP contribution in [0.3, 0.4) is 0 Å². The Labute approximate surface area is 118 Å². The highest BCUT2D eigenvalue weighted by Gasteiger charge is 2.13. The molecule has 0 aliphatic heterocycles. The molecule has 1 aromatic heterocycles. The maximum Gasteiger partial charge on any atom is 0.292 e. The van der Waals surface area contributed by atoms with Crippen LogP contribution in [0.25, 0.3) is 0 Å². The van der Waals surface area contributed by atoms with E-state index in [0.29, 0.717) is 6.54 Å². The summed E-state index contributed by atoms with van der Waals surface area (Å²) in [5.74, 6) is 0. The lowest BCUT2D eigenvalue weighted by molar-refractivity contribution is -0.383. The Hall–Kier alpha value is -1.89. The molecule has 19 heavy (non-hydrogen) atoms. The third-order valence-corrected chi connectivity index (χ3v) is 4.06. The van der Waals surface area contributed by atoms with Crippen molar-refractivity contribution in [1.29, 1.82) is 0 Å². The minimum Gasteiger partial charge on any atom is -0.393 e. The Kier molecular flexibility index (Phi) is 3.57. The minimum atomic E-state index is -0.487. The van der Waals surface area contributed by atoms with Crippen LogP contribution >= 0.6 is 15.9 Å². The Balaban J connectivity index is 2.31. The van der Waals surface area contributed by atoms with Gasteiger partial charge >= 0.3 is 0 Å². The second kappa shape index (κ2) is 5.00.